The standard InChI is InChI=1S/C14H26F3N3O2/c1-3-19(10-14(15,16)17)8-11-4-5-20(9-11)13(21)6-12(7-18)22-2/h11-12H,3-10,18H2,1-2H3. The zero-order valence-electron chi connectivity index (χ0n) is 13.2. The highest BCUT2D eigenvalue weighted by molar-refractivity contribution is 5.77. The molecule has 0 saturated carbocycles. The molecular weight excluding hydrogens is 299 g/mol. The summed E-state index contributed by atoms with van der Waals surface area (Å²) in [5.74, 6) is 0.0452. The number of nitrogens with two attached hydrogens (primary N) is 1. The molecule has 1 heterocycles. The zero-order valence-corrected chi connectivity index (χ0v) is 13.2. The molecule has 8 heteroatoms. The Balaban J connectivity index is 2.43. The van der Waals surface area contributed by atoms with E-state index < -0.39 is 12.7 Å². The van der Waals surface area contributed by atoms with E-state index in [1.165, 1.54) is 12.0 Å². The van der Waals surface area contributed by atoms with E-state index >= 15 is 0 Å². The average molecular weight is 325 g/mol. The van der Waals surface area contributed by atoms with E-state index in [1.807, 2.05) is 0 Å². The van der Waals surface area contributed by atoms with E-state index in [0.29, 0.717) is 26.2 Å². The van der Waals surface area contributed by atoms with Gasteiger partial charge in [-0.25, -0.2) is 0 Å². The average Bonchev–Trinajstić information content (AvgIpc) is 2.90. The predicted molar refractivity (Wildman–Crippen MR) is 77.3 cm³/mol. The van der Waals surface area contributed by atoms with Crippen molar-refractivity contribution >= 4 is 5.91 Å². The summed E-state index contributed by atoms with van der Waals surface area (Å²) in [5, 5.41) is 0. The lowest BCUT2D eigenvalue weighted by molar-refractivity contribution is -0.147. The Morgan fingerprint density at radius 1 is 1.50 bits per heavy atom. The van der Waals surface area contributed by atoms with Gasteiger partial charge in [-0.1, -0.05) is 6.92 Å². The van der Waals surface area contributed by atoms with Gasteiger partial charge in [-0.05, 0) is 18.9 Å². The number of ether oxygens (including phenoxy) is 1. The fourth-order valence-corrected chi connectivity index (χ4v) is 2.72. The second kappa shape index (κ2) is 8.69. The molecular formula is C14H26F3N3O2. The van der Waals surface area contributed by atoms with Gasteiger partial charge in [0.2, 0.25) is 5.91 Å². The molecule has 0 aromatic rings. The maximum atomic E-state index is 12.5. The maximum Gasteiger partial charge on any atom is 0.401 e. The van der Waals surface area contributed by atoms with Gasteiger partial charge in [0.05, 0.1) is 19.1 Å². The van der Waals surface area contributed by atoms with Gasteiger partial charge >= 0.3 is 6.18 Å². The summed E-state index contributed by atoms with van der Waals surface area (Å²) in [6.07, 6.45) is -3.53. The highest BCUT2D eigenvalue weighted by Gasteiger charge is 2.33. The molecule has 0 aliphatic carbocycles. The number of carbonyl (C=O) groups excluding carboxylic acids is 1. The van der Waals surface area contributed by atoms with Crippen molar-refractivity contribution < 1.29 is 22.7 Å². The van der Waals surface area contributed by atoms with E-state index in [-0.39, 0.29) is 30.9 Å². The Kier molecular flexibility index (Phi) is 7.58. The summed E-state index contributed by atoms with van der Waals surface area (Å²) in [6, 6.07) is 0. The van der Waals surface area contributed by atoms with E-state index in [4.69, 9.17) is 10.5 Å². The minimum Gasteiger partial charge on any atom is -0.380 e. The SMILES string of the molecule is CCN(CC1CCN(C(=O)CC(CN)OC)C1)CC(F)(F)F. The predicted octanol–water partition coefficient (Wildman–Crippen LogP) is 1.08. The number of rotatable bonds is 8. The third-order valence-corrected chi connectivity index (χ3v) is 4.00. The molecule has 130 valence electrons. The van der Waals surface area contributed by atoms with Gasteiger partial charge in [-0.2, -0.15) is 13.2 Å². The normalized spacial score (nSPS) is 20.7. The monoisotopic (exact) mass is 325 g/mol. The van der Waals surface area contributed by atoms with Gasteiger partial charge in [0, 0.05) is 33.3 Å². The van der Waals surface area contributed by atoms with Crippen LogP contribution in [0.4, 0.5) is 13.2 Å². The van der Waals surface area contributed by atoms with Crippen molar-refractivity contribution in [1.29, 1.82) is 0 Å². The lowest BCUT2D eigenvalue weighted by atomic mass is 10.1. The van der Waals surface area contributed by atoms with E-state index in [0.717, 1.165) is 6.42 Å². The Morgan fingerprint density at radius 2 is 2.18 bits per heavy atom. The first-order valence-electron chi connectivity index (χ1n) is 7.58. The van der Waals surface area contributed by atoms with Crippen LogP contribution >= 0.6 is 0 Å². The number of halogens is 3. The smallest absolute Gasteiger partial charge is 0.380 e. The number of likely N-dealkylation sites (tertiary alicyclic amines) is 1. The molecule has 1 aliphatic rings. The van der Waals surface area contributed by atoms with Gasteiger partial charge < -0.3 is 15.4 Å². The number of methoxy groups -OCH3 is 1. The van der Waals surface area contributed by atoms with Crippen molar-refractivity contribution in [1.82, 2.24) is 9.80 Å². The van der Waals surface area contributed by atoms with Crippen LogP contribution in [0, 0.1) is 5.92 Å². The molecule has 0 aromatic carbocycles. The minimum atomic E-state index is -4.18. The van der Waals surface area contributed by atoms with E-state index in [2.05, 4.69) is 0 Å². The van der Waals surface area contributed by atoms with Crippen LogP contribution in [-0.2, 0) is 9.53 Å². The number of amides is 1. The molecule has 0 radical (unpaired) electrons. The third-order valence-electron chi connectivity index (χ3n) is 4.00. The number of nitrogens with zero attached hydrogens (tertiary/aromatic N) is 2. The van der Waals surface area contributed by atoms with Crippen molar-refractivity contribution in [3.8, 4) is 0 Å². The van der Waals surface area contributed by atoms with Crippen molar-refractivity contribution in [2.75, 3.05) is 46.4 Å². The Labute approximate surface area is 129 Å². The second-order valence-electron chi connectivity index (χ2n) is 5.73. The van der Waals surface area contributed by atoms with Crippen molar-refractivity contribution in [2.45, 2.75) is 32.0 Å². The van der Waals surface area contributed by atoms with Crippen molar-refractivity contribution in [2.24, 2.45) is 11.7 Å². The minimum absolute atomic E-state index is 0.0429. The van der Waals surface area contributed by atoms with Crippen LogP contribution in [0.3, 0.4) is 0 Å². The topological polar surface area (TPSA) is 58.8 Å². The molecule has 2 N–H and O–H groups in total. The molecule has 2 unspecified atom stereocenters. The fraction of sp³-hybridized carbons (Fsp3) is 0.929. The lowest BCUT2D eigenvalue weighted by Gasteiger charge is -2.25. The summed E-state index contributed by atoms with van der Waals surface area (Å²) in [5.41, 5.74) is 5.49. The Bertz CT molecular complexity index is 349. The van der Waals surface area contributed by atoms with Crippen LogP contribution in [0.15, 0.2) is 0 Å². The maximum absolute atomic E-state index is 12.5. The third kappa shape index (κ3) is 6.50. The number of hydrogen-bond donors (Lipinski definition) is 1. The molecule has 1 fully saturated rings. The van der Waals surface area contributed by atoms with Gasteiger partial charge in [-0.15, -0.1) is 0 Å². The molecule has 0 bridgehead atoms. The Hall–Kier alpha value is -0.860. The van der Waals surface area contributed by atoms with Crippen LogP contribution in [-0.4, -0.2) is 74.4 Å². The first-order chi connectivity index (χ1) is 10.3. The highest BCUT2D eigenvalue weighted by atomic mass is 19.4. The van der Waals surface area contributed by atoms with Crippen LogP contribution in [0.5, 0.6) is 0 Å². The van der Waals surface area contributed by atoms with Gasteiger partial charge in [0.1, 0.15) is 0 Å². The van der Waals surface area contributed by atoms with Crippen LogP contribution in [0.2, 0.25) is 0 Å². The van der Waals surface area contributed by atoms with Crippen LogP contribution < -0.4 is 5.73 Å². The summed E-state index contributed by atoms with van der Waals surface area (Å²) >= 11 is 0. The molecule has 1 saturated heterocycles. The zero-order chi connectivity index (χ0) is 16.8. The largest absolute Gasteiger partial charge is 0.401 e. The summed E-state index contributed by atoms with van der Waals surface area (Å²) < 4.78 is 42.5. The molecule has 2 atom stereocenters. The molecule has 1 amide bonds. The van der Waals surface area contributed by atoms with Crippen LogP contribution in [0.1, 0.15) is 19.8 Å². The van der Waals surface area contributed by atoms with E-state index in [1.54, 1.807) is 11.8 Å². The van der Waals surface area contributed by atoms with Gasteiger partial charge in [0.15, 0.2) is 0 Å². The van der Waals surface area contributed by atoms with Crippen LogP contribution in [0.25, 0.3) is 0 Å². The molecule has 0 aromatic heterocycles. The first kappa shape index (κ1) is 19.2. The van der Waals surface area contributed by atoms with Gasteiger partial charge in [-0.3, -0.25) is 9.69 Å². The van der Waals surface area contributed by atoms with Gasteiger partial charge in [0.25, 0.3) is 0 Å². The quantitative estimate of drug-likeness (QED) is 0.726. The van der Waals surface area contributed by atoms with Crippen molar-refractivity contribution in [3.05, 3.63) is 0 Å². The second-order valence-corrected chi connectivity index (χ2v) is 5.73. The summed E-state index contributed by atoms with van der Waals surface area (Å²) in [6.45, 7) is 2.91. The molecule has 1 rings (SSSR count). The summed E-state index contributed by atoms with van der Waals surface area (Å²) in [4.78, 5) is 15.2. The Morgan fingerprint density at radius 3 is 2.68 bits per heavy atom. The number of hydrogen-bond acceptors (Lipinski definition) is 4. The molecule has 1 aliphatic heterocycles. The molecule has 0 spiro atoms. The highest BCUT2D eigenvalue weighted by Crippen LogP contribution is 2.22. The number of alkyl halides is 3. The first-order valence-corrected chi connectivity index (χ1v) is 7.58. The number of carbonyl (C=O) groups is 1. The summed E-state index contributed by atoms with van der Waals surface area (Å²) in [7, 11) is 1.51. The van der Waals surface area contributed by atoms with Crippen molar-refractivity contribution in [3.63, 3.8) is 0 Å². The fourth-order valence-electron chi connectivity index (χ4n) is 2.72. The molecule has 5 nitrogen and oxygen atoms in total. The lowest BCUT2D eigenvalue weighted by Crippen LogP contribution is -2.39. The molecule has 22 heavy (non-hydrogen) atoms. The van der Waals surface area contributed by atoms with E-state index in [9.17, 15) is 18.0 Å².